The van der Waals surface area contributed by atoms with Gasteiger partial charge in [-0.05, 0) is 33.1 Å². The van der Waals surface area contributed by atoms with E-state index in [9.17, 15) is 13.2 Å². The van der Waals surface area contributed by atoms with Crippen LogP contribution in [-0.2, 0) is 0 Å². The van der Waals surface area contributed by atoms with E-state index in [2.05, 4.69) is 10.3 Å². The molecule has 0 bridgehead atoms. The molecule has 3 atom stereocenters. The topological polar surface area (TPSA) is 24.9 Å². The molecular weight excluding hydrogens is 273 g/mol. The Bertz CT molecular complexity index is 416. The predicted molar refractivity (Wildman–Crippen MR) is 70.2 cm³/mol. The molecule has 1 fully saturated rings. The largest absolute Gasteiger partial charge is 0.391 e. The third kappa shape index (κ3) is 3.92. The second kappa shape index (κ2) is 5.79. The van der Waals surface area contributed by atoms with Gasteiger partial charge in [-0.25, -0.2) is 4.98 Å². The Hall–Kier alpha value is -0.620. The number of hydrogen-bond acceptors (Lipinski definition) is 3. The molecule has 1 heterocycles. The molecule has 19 heavy (non-hydrogen) atoms. The highest BCUT2D eigenvalue weighted by Crippen LogP contribution is 2.38. The number of aryl methyl sites for hydroxylation is 1. The minimum Gasteiger partial charge on any atom is -0.305 e. The van der Waals surface area contributed by atoms with Gasteiger partial charge in [0.2, 0.25) is 0 Å². The first-order valence-electron chi connectivity index (χ1n) is 6.61. The van der Waals surface area contributed by atoms with Crippen molar-refractivity contribution >= 4 is 11.3 Å². The van der Waals surface area contributed by atoms with E-state index in [0.717, 1.165) is 16.3 Å². The van der Waals surface area contributed by atoms with Crippen LogP contribution in [0.25, 0.3) is 0 Å². The van der Waals surface area contributed by atoms with Crippen LogP contribution in [0.4, 0.5) is 13.2 Å². The SMILES string of the molecule is Cc1cnc(C(C)NC2CCCC(C(F)(F)F)C2)s1. The molecule has 1 saturated carbocycles. The Morgan fingerprint density at radius 1 is 1.42 bits per heavy atom. The Kier molecular flexibility index (Phi) is 4.50. The van der Waals surface area contributed by atoms with Crippen LogP contribution in [0.1, 0.15) is 48.5 Å². The van der Waals surface area contributed by atoms with Crippen molar-refractivity contribution in [2.24, 2.45) is 5.92 Å². The molecule has 0 saturated heterocycles. The Labute approximate surface area is 115 Å². The van der Waals surface area contributed by atoms with E-state index in [4.69, 9.17) is 0 Å². The van der Waals surface area contributed by atoms with Gasteiger partial charge in [-0.2, -0.15) is 13.2 Å². The highest BCUT2D eigenvalue weighted by molar-refractivity contribution is 7.11. The van der Waals surface area contributed by atoms with Crippen molar-refractivity contribution in [2.45, 2.75) is 57.8 Å². The van der Waals surface area contributed by atoms with Crippen molar-refractivity contribution in [2.75, 3.05) is 0 Å². The monoisotopic (exact) mass is 292 g/mol. The summed E-state index contributed by atoms with van der Waals surface area (Å²) in [5.41, 5.74) is 0. The smallest absolute Gasteiger partial charge is 0.305 e. The Balaban J connectivity index is 1.92. The van der Waals surface area contributed by atoms with Gasteiger partial charge in [0.05, 0.1) is 12.0 Å². The number of nitrogens with one attached hydrogen (secondary N) is 1. The molecule has 0 aromatic carbocycles. The van der Waals surface area contributed by atoms with Crippen molar-refractivity contribution in [3.05, 3.63) is 16.1 Å². The van der Waals surface area contributed by atoms with Gasteiger partial charge in [-0.1, -0.05) is 6.42 Å². The number of hydrogen-bond donors (Lipinski definition) is 1. The average molecular weight is 292 g/mol. The quantitative estimate of drug-likeness (QED) is 0.902. The second-order valence-electron chi connectivity index (χ2n) is 5.30. The average Bonchev–Trinajstić information content (AvgIpc) is 2.75. The van der Waals surface area contributed by atoms with Crippen molar-refractivity contribution < 1.29 is 13.2 Å². The van der Waals surface area contributed by atoms with Gasteiger partial charge in [-0.3, -0.25) is 0 Å². The maximum Gasteiger partial charge on any atom is 0.391 e. The first-order valence-corrected chi connectivity index (χ1v) is 7.43. The van der Waals surface area contributed by atoms with E-state index in [0.29, 0.717) is 6.42 Å². The first-order chi connectivity index (χ1) is 8.86. The van der Waals surface area contributed by atoms with Crippen LogP contribution in [0.15, 0.2) is 6.20 Å². The summed E-state index contributed by atoms with van der Waals surface area (Å²) in [5, 5.41) is 4.25. The lowest BCUT2D eigenvalue weighted by Gasteiger charge is -2.32. The zero-order valence-corrected chi connectivity index (χ0v) is 11.9. The molecule has 2 rings (SSSR count). The highest BCUT2D eigenvalue weighted by Gasteiger charge is 2.42. The van der Waals surface area contributed by atoms with Gasteiger partial charge in [0.25, 0.3) is 0 Å². The summed E-state index contributed by atoms with van der Waals surface area (Å²) in [6.07, 6.45) is -0.323. The van der Waals surface area contributed by atoms with E-state index in [-0.39, 0.29) is 24.9 Å². The van der Waals surface area contributed by atoms with Gasteiger partial charge >= 0.3 is 6.18 Å². The van der Waals surface area contributed by atoms with Crippen LogP contribution in [-0.4, -0.2) is 17.2 Å². The summed E-state index contributed by atoms with van der Waals surface area (Å²) < 4.78 is 38.2. The zero-order valence-electron chi connectivity index (χ0n) is 11.1. The van der Waals surface area contributed by atoms with Gasteiger partial charge < -0.3 is 5.32 Å². The minimum atomic E-state index is -4.05. The van der Waals surface area contributed by atoms with Crippen LogP contribution in [0, 0.1) is 12.8 Å². The molecule has 1 aromatic heterocycles. The highest BCUT2D eigenvalue weighted by atomic mass is 32.1. The van der Waals surface area contributed by atoms with Crippen LogP contribution in [0.2, 0.25) is 0 Å². The molecule has 1 aliphatic rings. The zero-order chi connectivity index (χ0) is 14.0. The fraction of sp³-hybridized carbons (Fsp3) is 0.769. The van der Waals surface area contributed by atoms with Gasteiger partial charge in [0, 0.05) is 17.1 Å². The molecular formula is C13H19F3N2S. The third-order valence-corrected chi connectivity index (χ3v) is 4.73. The van der Waals surface area contributed by atoms with E-state index in [1.807, 2.05) is 13.8 Å². The van der Waals surface area contributed by atoms with Crippen LogP contribution in [0.3, 0.4) is 0 Å². The summed E-state index contributed by atoms with van der Waals surface area (Å²) in [4.78, 5) is 5.41. The lowest BCUT2D eigenvalue weighted by Crippen LogP contribution is -2.39. The minimum absolute atomic E-state index is 0.0238. The Morgan fingerprint density at radius 2 is 2.16 bits per heavy atom. The van der Waals surface area contributed by atoms with Crippen molar-refractivity contribution in [1.82, 2.24) is 10.3 Å². The Morgan fingerprint density at radius 3 is 2.74 bits per heavy atom. The summed E-state index contributed by atoms with van der Waals surface area (Å²) in [7, 11) is 0. The number of aromatic nitrogens is 1. The third-order valence-electron chi connectivity index (χ3n) is 3.63. The normalized spacial score (nSPS) is 26.4. The fourth-order valence-electron chi connectivity index (χ4n) is 2.64. The van der Waals surface area contributed by atoms with E-state index < -0.39 is 12.1 Å². The van der Waals surface area contributed by atoms with Gasteiger partial charge in [0.1, 0.15) is 5.01 Å². The lowest BCUT2D eigenvalue weighted by atomic mass is 9.85. The molecule has 0 radical (unpaired) electrons. The van der Waals surface area contributed by atoms with E-state index >= 15 is 0 Å². The van der Waals surface area contributed by atoms with Crippen LogP contribution < -0.4 is 5.32 Å². The van der Waals surface area contributed by atoms with Crippen molar-refractivity contribution in [3.8, 4) is 0 Å². The molecule has 1 aromatic rings. The molecule has 1 N–H and O–H groups in total. The van der Waals surface area contributed by atoms with E-state index in [1.165, 1.54) is 0 Å². The summed E-state index contributed by atoms with van der Waals surface area (Å²) in [5.74, 6) is -1.15. The molecule has 6 heteroatoms. The molecule has 0 spiro atoms. The standard InChI is InChI=1S/C13H19F3N2S/c1-8-7-17-12(19-8)9(2)18-11-5-3-4-10(6-11)13(14,15)16/h7,9-11,18H,3-6H2,1-2H3. The van der Waals surface area contributed by atoms with Gasteiger partial charge in [-0.15, -0.1) is 11.3 Å². The maximum atomic E-state index is 12.7. The molecule has 3 unspecified atom stereocenters. The van der Waals surface area contributed by atoms with Gasteiger partial charge in [0.15, 0.2) is 0 Å². The summed E-state index contributed by atoms with van der Waals surface area (Å²) >= 11 is 1.59. The van der Waals surface area contributed by atoms with Crippen LogP contribution >= 0.6 is 11.3 Å². The molecule has 1 aliphatic carbocycles. The first kappa shape index (κ1) is 14.8. The lowest BCUT2D eigenvalue weighted by molar-refractivity contribution is -0.183. The fourth-order valence-corrected chi connectivity index (χ4v) is 3.42. The summed E-state index contributed by atoms with van der Waals surface area (Å²) in [6, 6.07) is -0.0322. The number of rotatable bonds is 3. The van der Waals surface area contributed by atoms with Crippen molar-refractivity contribution in [3.63, 3.8) is 0 Å². The van der Waals surface area contributed by atoms with Crippen LogP contribution in [0.5, 0.6) is 0 Å². The number of nitrogens with zero attached hydrogens (tertiary/aromatic N) is 1. The maximum absolute atomic E-state index is 12.7. The summed E-state index contributed by atoms with van der Waals surface area (Å²) in [6.45, 7) is 3.95. The molecule has 0 amide bonds. The second-order valence-corrected chi connectivity index (χ2v) is 6.57. The molecule has 108 valence electrons. The number of thiazole rings is 1. The number of alkyl halides is 3. The number of halogens is 3. The predicted octanol–water partition coefficient (Wildman–Crippen LogP) is 4.22. The molecule has 2 nitrogen and oxygen atoms in total. The van der Waals surface area contributed by atoms with E-state index in [1.54, 1.807) is 17.5 Å². The molecule has 0 aliphatic heterocycles. The van der Waals surface area contributed by atoms with Crippen molar-refractivity contribution in [1.29, 1.82) is 0 Å².